The minimum Gasteiger partial charge on any atom is -0.491 e. The number of aromatic nitrogens is 5. The standard InChI is InChI=1S/C26H35N7O3/c1-16(2)33-24(28-15-29-33)20-13-31-10-11-36-22-12-17(6-7-19(22)23(31)30-20)18-8-9-32(14-21(18)34)26(3,4)25(35)27-5/h6-7,12-13,15-16,18,21,34H,8-11,14H2,1-5H3,(H,27,35)/t18-,21+/m0/s1. The van der Waals surface area contributed by atoms with Crippen LogP contribution in [0.2, 0.25) is 0 Å². The summed E-state index contributed by atoms with van der Waals surface area (Å²) in [5, 5.41) is 18.1. The van der Waals surface area contributed by atoms with Crippen LogP contribution < -0.4 is 10.1 Å². The number of β-amino-alcohol motifs (C(OH)–C–C–N with tert-alkyl or cyclic N) is 1. The summed E-state index contributed by atoms with van der Waals surface area (Å²) in [6.07, 6.45) is 3.75. The highest BCUT2D eigenvalue weighted by atomic mass is 16.5. The molecule has 0 bridgehead atoms. The van der Waals surface area contributed by atoms with Crippen LogP contribution in [0.15, 0.2) is 30.7 Å². The maximum absolute atomic E-state index is 12.3. The van der Waals surface area contributed by atoms with Crippen molar-refractivity contribution >= 4 is 5.91 Å². The smallest absolute Gasteiger partial charge is 0.239 e. The Labute approximate surface area is 211 Å². The van der Waals surface area contributed by atoms with E-state index in [4.69, 9.17) is 9.72 Å². The van der Waals surface area contributed by atoms with Crippen molar-refractivity contribution in [3.8, 4) is 28.7 Å². The SMILES string of the molecule is CNC(=O)C(C)(C)N1CC[C@@H](c2ccc3c(c2)OCCn2cc(-c4ncnn4C(C)C)nc2-3)[C@H](O)C1. The van der Waals surface area contributed by atoms with Gasteiger partial charge in [-0.15, -0.1) is 0 Å². The van der Waals surface area contributed by atoms with Gasteiger partial charge in [0.25, 0.3) is 0 Å². The fraction of sp³-hybridized carbons (Fsp3) is 0.538. The van der Waals surface area contributed by atoms with Crippen LogP contribution in [0.3, 0.4) is 0 Å². The quantitative estimate of drug-likeness (QED) is 0.562. The number of fused-ring (bicyclic) bond motifs is 3. The lowest BCUT2D eigenvalue weighted by atomic mass is 9.84. The third kappa shape index (κ3) is 4.18. The number of aliphatic hydroxyl groups is 1. The Hall–Kier alpha value is -3.24. The fourth-order valence-electron chi connectivity index (χ4n) is 5.33. The number of nitrogens with one attached hydrogen (secondary N) is 1. The molecule has 2 N–H and O–H groups in total. The zero-order valence-corrected chi connectivity index (χ0v) is 21.6. The van der Waals surface area contributed by atoms with E-state index in [2.05, 4.69) is 44.8 Å². The molecule has 5 rings (SSSR count). The number of nitrogens with zero attached hydrogens (tertiary/aromatic N) is 6. The minimum atomic E-state index is -0.674. The van der Waals surface area contributed by atoms with Crippen LogP contribution in [0.1, 0.15) is 51.6 Å². The van der Waals surface area contributed by atoms with Crippen molar-refractivity contribution in [3.63, 3.8) is 0 Å². The number of ether oxygens (including phenoxy) is 1. The van der Waals surface area contributed by atoms with Gasteiger partial charge in [-0.05, 0) is 58.4 Å². The first-order valence-corrected chi connectivity index (χ1v) is 12.6. The molecule has 0 radical (unpaired) electrons. The zero-order valence-electron chi connectivity index (χ0n) is 21.6. The predicted octanol–water partition coefficient (Wildman–Crippen LogP) is 2.46. The zero-order chi connectivity index (χ0) is 25.6. The minimum absolute atomic E-state index is 0.0289. The molecule has 0 unspecified atom stereocenters. The number of likely N-dealkylation sites (tertiary alicyclic amines) is 1. The summed E-state index contributed by atoms with van der Waals surface area (Å²) in [4.78, 5) is 23.8. The highest BCUT2D eigenvalue weighted by Gasteiger charge is 2.40. The highest BCUT2D eigenvalue weighted by molar-refractivity contribution is 5.85. The maximum atomic E-state index is 12.3. The number of amides is 1. The van der Waals surface area contributed by atoms with E-state index in [1.807, 2.05) is 36.9 Å². The first-order chi connectivity index (χ1) is 17.2. The number of likely N-dealkylation sites (N-methyl/N-ethyl adjacent to an activating group) is 1. The number of benzene rings is 1. The largest absolute Gasteiger partial charge is 0.491 e. The number of carbonyl (C=O) groups is 1. The molecule has 2 aliphatic rings. The van der Waals surface area contributed by atoms with Crippen molar-refractivity contribution in [2.45, 2.75) is 64.3 Å². The number of rotatable bonds is 5. The van der Waals surface area contributed by atoms with Gasteiger partial charge >= 0.3 is 0 Å². The Kier molecular flexibility index (Phi) is 6.34. The van der Waals surface area contributed by atoms with E-state index in [1.54, 1.807) is 13.4 Å². The molecule has 10 nitrogen and oxygen atoms in total. The second-order valence-corrected chi connectivity index (χ2v) is 10.4. The number of piperidine rings is 1. The van der Waals surface area contributed by atoms with Crippen molar-refractivity contribution < 1.29 is 14.6 Å². The van der Waals surface area contributed by atoms with Crippen LogP contribution in [0.25, 0.3) is 22.9 Å². The molecule has 1 fully saturated rings. The third-order valence-electron chi connectivity index (χ3n) is 7.49. The van der Waals surface area contributed by atoms with Gasteiger partial charge in [-0.2, -0.15) is 5.10 Å². The average Bonchev–Trinajstić information content (AvgIpc) is 3.47. The van der Waals surface area contributed by atoms with Gasteiger partial charge in [-0.3, -0.25) is 9.69 Å². The molecular weight excluding hydrogens is 458 g/mol. The summed E-state index contributed by atoms with van der Waals surface area (Å²) >= 11 is 0. The molecule has 192 valence electrons. The summed E-state index contributed by atoms with van der Waals surface area (Å²) in [6.45, 7) is 10.3. The Bertz CT molecular complexity index is 1260. The molecule has 1 amide bonds. The number of carbonyl (C=O) groups excluding carboxylic acids is 1. The fourth-order valence-corrected chi connectivity index (χ4v) is 5.33. The van der Waals surface area contributed by atoms with Gasteiger partial charge in [0, 0.05) is 31.7 Å². The van der Waals surface area contributed by atoms with Gasteiger partial charge in [0.15, 0.2) is 5.82 Å². The molecular formula is C26H35N7O3. The summed E-state index contributed by atoms with van der Waals surface area (Å²) in [5.74, 6) is 2.28. The summed E-state index contributed by atoms with van der Waals surface area (Å²) < 4.78 is 10.1. The van der Waals surface area contributed by atoms with Crippen LogP contribution in [0, 0.1) is 0 Å². The van der Waals surface area contributed by atoms with Crippen LogP contribution in [0.5, 0.6) is 5.75 Å². The van der Waals surface area contributed by atoms with Gasteiger partial charge in [-0.1, -0.05) is 6.07 Å². The average molecular weight is 494 g/mol. The Morgan fingerprint density at radius 3 is 2.78 bits per heavy atom. The van der Waals surface area contributed by atoms with Gasteiger partial charge in [0.1, 0.15) is 30.2 Å². The molecule has 10 heteroatoms. The van der Waals surface area contributed by atoms with E-state index < -0.39 is 11.6 Å². The molecule has 2 aromatic heterocycles. The molecule has 0 aliphatic carbocycles. The Balaban J connectivity index is 1.41. The normalized spacial score (nSPS) is 20.4. The van der Waals surface area contributed by atoms with Crippen LogP contribution in [0.4, 0.5) is 0 Å². The van der Waals surface area contributed by atoms with Gasteiger partial charge in [-0.25, -0.2) is 14.6 Å². The summed E-state index contributed by atoms with van der Waals surface area (Å²) in [7, 11) is 1.65. The summed E-state index contributed by atoms with van der Waals surface area (Å²) in [6, 6.07) is 6.33. The monoisotopic (exact) mass is 493 g/mol. The van der Waals surface area contributed by atoms with E-state index in [1.165, 1.54) is 0 Å². The summed E-state index contributed by atoms with van der Waals surface area (Å²) in [5.41, 5.74) is 2.07. The number of hydrogen-bond acceptors (Lipinski definition) is 7. The van der Waals surface area contributed by atoms with Crippen molar-refractivity contribution in [1.29, 1.82) is 0 Å². The first kappa shape index (κ1) is 24.5. The number of hydrogen-bond donors (Lipinski definition) is 2. The molecule has 3 aromatic rings. The van der Waals surface area contributed by atoms with E-state index in [0.717, 1.165) is 47.2 Å². The van der Waals surface area contributed by atoms with Crippen molar-refractivity contribution in [2.75, 3.05) is 26.7 Å². The lowest BCUT2D eigenvalue weighted by Gasteiger charge is -2.44. The third-order valence-corrected chi connectivity index (χ3v) is 7.49. The molecule has 36 heavy (non-hydrogen) atoms. The van der Waals surface area contributed by atoms with Crippen LogP contribution in [-0.2, 0) is 11.3 Å². The molecule has 2 aliphatic heterocycles. The van der Waals surface area contributed by atoms with Crippen LogP contribution >= 0.6 is 0 Å². The van der Waals surface area contributed by atoms with Crippen LogP contribution in [-0.4, -0.2) is 78.6 Å². The van der Waals surface area contributed by atoms with E-state index in [9.17, 15) is 9.90 Å². The van der Waals surface area contributed by atoms with Crippen molar-refractivity contribution in [3.05, 3.63) is 36.3 Å². The molecule has 2 atom stereocenters. The topological polar surface area (TPSA) is 110 Å². The van der Waals surface area contributed by atoms with E-state index in [0.29, 0.717) is 19.7 Å². The molecule has 4 heterocycles. The second-order valence-electron chi connectivity index (χ2n) is 10.4. The van der Waals surface area contributed by atoms with Crippen molar-refractivity contribution in [2.24, 2.45) is 0 Å². The molecule has 0 saturated carbocycles. The predicted molar refractivity (Wildman–Crippen MR) is 136 cm³/mol. The second kappa shape index (κ2) is 9.33. The van der Waals surface area contributed by atoms with Gasteiger partial charge in [0.2, 0.25) is 5.91 Å². The maximum Gasteiger partial charge on any atom is 0.239 e. The molecule has 0 spiro atoms. The molecule has 1 aromatic carbocycles. The van der Waals surface area contributed by atoms with Crippen molar-refractivity contribution in [1.82, 2.24) is 34.5 Å². The van der Waals surface area contributed by atoms with E-state index >= 15 is 0 Å². The van der Waals surface area contributed by atoms with Gasteiger partial charge in [0.05, 0.1) is 23.8 Å². The highest BCUT2D eigenvalue weighted by Crippen LogP contribution is 2.39. The number of imidazole rings is 1. The van der Waals surface area contributed by atoms with Gasteiger partial charge < -0.3 is 19.7 Å². The number of aliphatic hydroxyl groups excluding tert-OH is 1. The lowest BCUT2D eigenvalue weighted by Crippen LogP contribution is -2.59. The Morgan fingerprint density at radius 1 is 1.25 bits per heavy atom. The Morgan fingerprint density at radius 2 is 2.06 bits per heavy atom. The molecule has 1 saturated heterocycles. The lowest BCUT2D eigenvalue weighted by molar-refractivity contribution is -0.133. The first-order valence-electron chi connectivity index (χ1n) is 12.6. The van der Waals surface area contributed by atoms with E-state index in [-0.39, 0.29) is 17.9 Å².